The molecule has 2 aromatic heterocycles. The van der Waals surface area contributed by atoms with Crippen molar-refractivity contribution in [1.29, 1.82) is 0 Å². The van der Waals surface area contributed by atoms with Crippen LogP contribution in [-0.2, 0) is 4.79 Å². The Labute approximate surface area is 173 Å². The van der Waals surface area contributed by atoms with Gasteiger partial charge in [0, 0.05) is 40.2 Å². The average Bonchev–Trinajstić information content (AvgIpc) is 2.63. The molecule has 0 aliphatic heterocycles. The molecule has 28 heavy (non-hydrogen) atoms. The van der Waals surface area contributed by atoms with Crippen LogP contribution in [0, 0.1) is 0 Å². The molecule has 0 aliphatic carbocycles. The molecule has 0 saturated heterocycles. The van der Waals surface area contributed by atoms with Crippen molar-refractivity contribution < 1.29 is 14.6 Å². The highest BCUT2D eigenvalue weighted by atomic mass is 35.5. The van der Waals surface area contributed by atoms with Crippen LogP contribution >= 0.6 is 24.0 Å². The fraction of sp³-hybridized carbons (Fsp3) is 0.150. The number of aliphatic carboxylic acids is 1. The Morgan fingerprint density at radius 2 is 1.64 bits per heavy atom. The van der Waals surface area contributed by atoms with Gasteiger partial charge in [0.2, 0.25) is 11.5 Å². The zero-order valence-corrected chi connectivity index (χ0v) is 16.8. The van der Waals surface area contributed by atoms with E-state index >= 15 is 0 Å². The molecule has 8 heteroatoms. The van der Waals surface area contributed by atoms with Crippen molar-refractivity contribution in [2.24, 2.45) is 0 Å². The van der Waals surface area contributed by atoms with E-state index in [9.17, 15) is 4.79 Å². The number of ether oxygens (including phenoxy) is 1. The number of carboxylic acids is 1. The summed E-state index contributed by atoms with van der Waals surface area (Å²) < 4.78 is 5.42. The summed E-state index contributed by atoms with van der Waals surface area (Å²) in [5, 5.41) is 9.78. The number of hydrogen-bond donors (Lipinski definition) is 2. The Morgan fingerprint density at radius 3 is 2.21 bits per heavy atom. The fourth-order valence-corrected chi connectivity index (χ4v) is 2.54. The number of halogens is 2. The predicted molar refractivity (Wildman–Crippen MR) is 112 cm³/mol. The van der Waals surface area contributed by atoms with Gasteiger partial charge in [0.25, 0.3) is 0 Å². The van der Waals surface area contributed by atoms with Crippen molar-refractivity contribution in [3.63, 3.8) is 0 Å². The molecule has 0 fully saturated rings. The Bertz CT molecular complexity index is 975. The van der Waals surface area contributed by atoms with Gasteiger partial charge < -0.3 is 15.6 Å². The van der Waals surface area contributed by atoms with Crippen LogP contribution in [0.15, 0.2) is 54.9 Å². The largest absolute Gasteiger partial charge is 0.478 e. The monoisotopic (exact) mass is 419 g/mol. The summed E-state index contributed by atoms with van der Waals surface area (Å²) in [4.78, 5) is 19.6. The van der Waals surface area contributed by atoms with Crippen molar-refractivity contribution in [2.45, 2.75) is 19.4 Å². The van der Waals surface area contributed by atoms with Crippen LogP contribution < -0.4 is 10.5 Å². The molecule has 0 saturated carbocycles. The Kier molecular flexibility index (Phi) is 6.48. The lowest BCUT2D eigenvalue weighted by Crippen LogP contribution is -2.38. The van der Waals surface area contributed by atoms with E-state index < -0.39 is 11.6 Å². The van der Waals surface area contributed by atoms with Crippen molar-refractivity contribution in [3.8, 4) is 28.1 Å². The van der Waals surface area contributed by atoms with E-state index in [2.05, 4.69) is 9.97 Å². The summed E-state index contributed by atoms with van der Waals surface area (Å²) in [7, 11) is 0. The van der Waals surface area contributed by atoms with Gasteiger partial charge in [-0.1, -0.05) is 23.7 Å². The topological polar surface area (TPSA) is 98.3 Å². The second-order valence-corrected chi connectivity index (χ2v) is 6.90. The first kappa shape index (κ1) is 21.5. The van der Waals surface area contributed by atoms with Gasteiger partial charge in [0.05, 0.1) is 0 Å². The molecule has 6 nitrogen and oxygen atoms in total. The Hall–Kier alpha value is -2.83. The van der Waals surface area contributed by atoms with Gasteiger partial charge in [-0.25, -0.2) is 14.8 Å². The molecule has 0 amide bonds. The molecule has 0 atom stereocenters. The van der Waals surface area contributed by atoms with E-state index in [1.54, 1.807) is 36.7 Å². The van der Waals surface area contributed by atoms with E-state index in [0.29, 0.717) is 10.8 Å². The number of pyridine rings is 2. The number of aromatic nitrogens is 2. The first-order chi connectivity index (χ1) is 12.8. The number of nitrogens with two attached hydrogens (primary N) is 1. The molecule has 3 aromatic rings. The Morgan fingerprint density at radius 1 is 1.04 bits per heavy atom. The smallest absolute Gasteiger partial charge is 0.347 e. The van der Waals surface area contributed by atoms with Crippen LogP contribution in [0.4, 0.5) is 5.82 Å². The van der Waals surface area contributed by atoms with Crippen LogP contribution in [0.3, 0.4) is 0 Å². The number of benzene rings is 1. The molecule has 0 radical (unpaired) electrons. The van der Waals surface area contributed by atoms with Gasteiger partial charge >= 0.3 is 5.97 Å². The third-order valence-electron chi connectivity index (χ3n) is 4.02. The zero-order chi connectivity index (χ0) is 19.6. The lowest BCUT2D eigenvalue weighted by atomic mass is 10.0. The van der Waals surface area contributed by atoms with Gasteiger partial charge in [-0.3, -0.25) is 0 Å². The molecule has 1 aromatic carbocycles. The van der Waals surface area contributed by atoms with E-state index in [0.717, 1.165) is 22.3 Å². The van der Waals surface area contributed by atoms with Gasteiger partial charge in [-0.15, -0.1) is 12.4 Å². The molecule has 0 aliphatic rings. The summed E-state index contributed by atoms with van der Waals surface area (Å²) in [5.74, 6) is -0.423. The van der Waals surface area contributed by atoms with Crippen molar-refractivity contribution >= 4 is 35.8 Å². The Balaban J connectivity index is 0.00000280. The van der Waals surface area contributed by atoms with E-state index in [1.165, 1.54) is 13.8 Å². The maximum atomic E-state index is 11.2. The molecule has 0 spiro atoms. The lowest BCUT2D eigenvalue weighted by molar-refractivity contribution is -0.152. The first-order valence-corrected chi connectivity index (χ1v) is 8.54. The highest BCUT2D eigenvalue weighted by Crippen LogP contribution is 2.30. The number of nitrogens with zero attached hydrogens (tertiary/aromatic N) is 2. The lowest BCUT2D eigenvalue weighted by Gasteiger charge is -2.20. The first-order valence-electron chi connectivity index (χ1n) is 8.16. The molecular weight excluding hydrogens is 401 g/mol. The highest BCUT2D eigenvalue weighted by Gasteiger charge is 2.29. The van der Waals surface area contributed by atoms with Gasteiger partial charge in [-0.05, 0) is 43.7 Å². The van der Waals surface area contributed by atoms with E-state index in [4.69, 9.17) is 27.2 Å². The molecular formula is C20H19Cl2N3O3. The normalized spacial score (nSPS) is 10.8. The number of anilines is 1. The molecule has 3 N–H and O–H groups in total. The predicted octanol–water partition coefficient (Wildman–Crippen LogP) is 4.71. The third-order valence-corrected chi connectivity index (χ3v) is 4.27. The summed E-state index contributed by atoms with van der Waals surface area (Å²) in [6.45, 7) is 2.93. The fourth-order valence-electron chi connectivity index (χ4n) is 2.41. The second-order valence-electron chi connectivity index (χ2n) is 6.47. The van der Waals surface area contributed by atoms with Crippen LogP contribution in [-0.4, -0.2) is 26.6 Å². The number of hydrogen-bond acceptors (Lipinski definition) is 5. The van der Waals surface area contributed by atoms with Crippen LogP contribution in [0.1, 0.15) is 13.8 Å². The number of rotatable bonds is 5. The number of carbonyl (C=O) groups is 1. The van der Waals surface area contributed by atoms with Gasteiger partial charge in [0.1, 0.15) is 5.82 Å². The van der Waals surface area contributed by atoms with E-state index in [1.807, 2.05) is 18.2 Å². The SMILES string of the molecule is CC(C)(Oc1ccc(-c2cnc(N)c(-c3ccc(Cl)cc3)c2)cn1)C(=O)O.Cl. The zero-order valence-electron chi connectivity index (χ0n) is 15.2. The van der Waals surface area contributed by atoms with Crippen molar-refractivity contribution in [1.82, 2.24) is 9.97 Å². The van der Waals surface area contributed by atoms with Crippen LogP contribution in [0.5, 0.6) is 5.88 Å². The molecule has 3 rings (SSSR count). The highest BCUT2D eigenvalue weighted by molar-refractivity contribution is 6.30. The minimum Gasteiger partial charge on any atom is -0.478 e. The quantitative estimate of drug-likeness (QED) is 0.620. The maximum Gasteiger partial charge on any atom is 0.347 e. The van der Waals surface area contributed by atoms with Gasteiger partial charge in [-0.2, -0.15) is 0 Å². The molecule has 2 heterocycles. The third kappa shape index (κ3) is 4.71. The van der Waals surface area contributed by atoms with Crippen molar-refractivity contribution in [3.05, 3.63) is 59.9 Å². The molecule has 0 bridgehead atoms. The number of nitrogen functional groups attached to an aromatic ring is 1. The summed E-state index contributed by atoms with van der Waals surface area (Å²) in [5.41, 5.74) is 7.98. The standard InChI is InChI=1S/C20H18ClN3O3.ClH/c1-20(2,19(25)26)27-17-8-5-13(10-23-17)14-9-16(18(22)24-11-14)12-3-6-15(21)7-4-12;/h3-11H,1-2H3,(H2,22,24)(H,25,26);1H. The van der Waals surface area contributed by atoms with E-state index in [-0.39, 0.29) is 18.3 Å². The molecule has 0 unspecified atom stereocenters. The van der Waals surface area contributed by atoms with Crippen LogP contribution in [0.2, 0.25) is 5.02 Å². The maximum absolute atomic E-state index is 11.2. The second kappa shape index (κ2) is 8.46. The average molecular weight is 420 g/mol. The summed E-state index contributed by atoms with van der Waals surface area (Å²) in [6, 6.07) is 12.7. The minimum absolute atomic E-state index is 0. The van der Waals surface area contributed by atoms with Crippen LogP contribution in [0.25, 0.3) is 22.3 Å². The number of carboxylic acid groups (broad SMARTS) is 1. The molecule has 146 valence electrons. The summed E-state index contributed by atoms with van der Waals surface area (Å²) >= 11 is 5.94. The summed E-state index contributed by atoms with van der Waals surface area (Å²) in [6.07, 6.45) is 3.26. The minimum atomic E-state index is -1.36. The van der Waals surface area contributed by atoms with Gasteiger partial charge in [0.15, 0.2) is 0 Å². The van der Waals surface area contributed by atoms with Crippen molar-refractivity contribution in [2.75, 3.05) is 5.73 Å².